The van der Waals surface area contributed by atoms with Crippen LogP contribution < -0.4 is 10.9 Å². The van der Waals surface area contributed by atoms with Crippen LogP contribution in [0.2, 0.25) is 0 Å². The maximum atomic E-state index is 12.7. The topological polar surface area (TPSA) is 64.0 Å². The van der Waals surface area contributed by atoms with Crippen molar-refractivity contribution in [2.75, 3.05) is 0 Å². The number of nitrogens with one attached hydrogen (secondary N) is 1. The molecule has 0 radical (unpaired) electrons. The lowest BCUT2D eigenvalue weighted by Crippen LogP contribution is -2.35. The summed E-state index contributed by atoms with van der Waals surface area (Å²) in [4.78, 5) is 29.8. The predicted octanol–water partition coefficient (Wildman–Crippen LogP) is 3.02. The number of carbonyl (C=O) groups is 1. The zero-order valence-electron chi connectivity index (χ0n) is 15.2. The zero-order valence-corrected chi connectivity index (χ0v) is 15.2. The highest BCUT2D eigenvalue weighted by Gasteiger charge is 2.24. The second-order valence-corrected chi connectivity index (χ2v) is 6.87. The molecule has 1 aliphatic carbocycles. The van der Waals surface area contributed by atoms with Crippen molar-refractivity contribution in [2.45, 2.75) is 32.4 Å². The molecule has 5 heteroatoms. The van der Waals surface area contributed by atoms with Crippen molar-refractivity contribution < 1.29 is 4.79 Å². The molecule has 0 saturated carbocycles. The number of aromatic nitrogens is 2. The van der Waals surface area contributed by atoms with Gasteiger partial charge in [0.05, 0.1) is 6.04 Å². The summed E-state index contributed by atoms with van der Waals surface area (Å²) in [5.74, 6) is 0.337. The quantitative estimate of drug-likeness (QED) is 0.779. The van der Waals surface area contributed by atoms with Gasteiger partial charge in [0.15, 0.2) is 0 Å². The van der Waals surface area contributed by atoms with Gasteiger partial charge in [-0.2, -0.15) is 0 Å². The van der Waals surface area contributed by atoms with E-state index in [1.165, 1.54) is 21.8 Å². The first-order valence-corrected chi connectivity index (χ1v) is 9.13. The highest BCUT2D eigenvalue weighted by atomic mass is 16.2. The van der Waals surface area contributed by atoms with Crippen LogP contribution in [0.5, 0.6) is 0 Å². The number of hydrogen-bond donors (Lipinski definition) is 1. The van der Waals surface area contributed by atoms with E-state index >= 15 is 0 Å². The summed E-state index contributed by atoms with van der Waals surface area (Å²) >= 11 is 0. The average Bonchev–Trinajstić information content (AvgIpc) is 3.07. The minimum atomic E-state index is -0.219. The van der Waals surface area contributed by atoms with E-state index in [1.54, 1.807) is 6.92 Å². The Morgan fingerprint density at radius 1 is 1.15 bits per heavy atom. The van der Waals surface area contributed by atoms with Crippen molar-refractivity contribution in [1.82, 2.24) is 14.9 Å². The average molecular weight is 359 g/mol. The summed E-state index contributed by atoms with van der Waals surface area (Å²) in [5.41, 5.74) is 3.69. The van der Waals surface area contributed by atoms with Crippen LogP contribution in [0.25, 0.3) is 11.4 Å². The second kappa shape index (κ2) is 7.19. The highest BCUT2D eigenvalue weighted by Crippen LogP contribution is 2.30. The predicted molar refractivity (Wildman–Crippen MR) is 104 cm³/mol. The van der Waals surface area contributed by atoms with Gasteiger partial charge in [0.25, 0.3) is 5.56 Å². The van der Waals surface area contributed by atoms with Crippen LogP contribution >= 0.6 is 0 Å². The van der Waals surface area contributed by atoms with E-state index < -0.39 is 0 Å². The third-order valence-corrected chi connectivity index (χ3v) is 4.94. The zero-order chi connectivity index (χ0) is 18.8. The fraction of sp³-hybridized carbons (Fsp3) is 0.227. The van der Waals surface area contributed by atoms with Gasteiger partial charge in [0.2, 0.25) is 5.91 Å². The Balaban J connectivity index is 1.60. The third-order valence-electron chi connectivity index (χ3n) is 4.94. The summed E-state index contributed by atoms with van der Waals surface area (Å²) in [6, 6.07) is 19.1. The van der Waals surface area contributed by atoms with Crippen LogP contribution in [-0.2, 0) is 17.8 Å². The summed E-state index contributed by atoms with van der Waals surface area (Å²) in [6.45, 7) is 1.74. The Labute approximate surface area is 157 Å². The van der Waals surface area contributed by atoms with Gasteiger partial charge in [-0.25, -0.2) is 4.98 Å². The van der Waals surface area contributed by atoms with Crippen LogP contribution in [0.1, 0.15) is 29.3 Å². The van der Waals surface area contributed by atoms with Crippen LogP contribution in [0.3, 0.4) is 0 Å². The molecule has 136 valence electrons. The number of hydrogen-bond acceptors (Lipinski definition) is 3. The summed E-state index contributed by atoms with van der Waals surface area (Å²) < 4.78 is 1.44. The first kappa shape index (κ1) is 17.2. The number of amides is 1. The number of rotatable bonds is 4. The minimum Gasteiger partial charge on any atom is -0.348 e. The molecule has 0 aliphatic heterocycles. The molecule has 4 rings (SSSR count). The smallest absolute Gasteiger partial charge is 0.254 e. The lowest BCUT2D eigenvalue weighted by molar-refractivity contribution is -0.122. The van der Waals surface area contributed by atoms with Crippen molar-refractivity contribution >= 4 is 5.91 Å². The number of aryl methyl sites for hydroxylation is 2. The molecule has 1 heterocycles. The summed E-state index contributed by atoms with van der Waals surface area (Å²) in [7, 11) is 0. The molecular weight excluding hydrogens is 338 g/mol. The molecule has 1 aromatic heterocycles. The molecule has 0 fully saturated rings. The summed E-state index contributed by atoms with van der Waals surface area (Å²) in [6.07, 6.45) is 1.85. The van der Waals surface area contributed by atoms with Crippen molar-refractivity contribution in [1.29, 1.82) is 0 Å². The van der Waals surface area contributed by atoms with Gasteiger partial charge in [0, 0.05) is 17.3 Å². The van der Waals surface area contributed by atoms with Gasteiger partial charge in [-0.3, -0.25) is 14.2 Å². The summed E-state index contributed by atoms with van der Waals surface area (Å²) in [5, 5.41) is 3.08. The van der Waals surface area contributed by atoms with Crippen LogP contribution in [0, 0.1) is 6.92 Å². The van der Waals surface area contributed by atoms with Crippen molar-refractivity contribution in [3.05, 3.63) is 87.8 Å². The molecule has 1 atom stereocenters. The van der Waals surface area contributed by atoms with E-state index in [-0.39, 0.29) is 24.1 Å². The number of nitrogens with zero attached hydrogens (tertiary/aromatic N) is 2. The van der Waals surface area contributed by atoms with Crippen LogP contribution in [0.15, 0.2) is 65.5 Å². The molecule has 1 amide bonds. The number of benzene rings is 2. The van der Waals surface area contributed by atoms with Gasteiger partial charge in [-0.15, -0.1) is 0 Å². The van der Waals surface area contributed by atoms with Gasteiger partial charge < -0.3 is 5.32 Å². The minimum absolute atomic E-state index is 0.00276. The fourth-order valence-corrected chi connectivity index (χ4v) is 3.67. The van der Waals surface area contributed by atoms with Crippen LogP contribution in [0.4, 0.5) is 0 Å². The Kier molecular flexibility index (Phi) is 4.59. The first-order valence-electron chi connectivity index (χ1n) is 9.13. The maximum absolute atomic E-state index is 12.7. The fourth-order valence-electron chi connectivity index (χ4n) is 3.67. The van der Waals surface area contributed by atoms with Crippen molar-refractivity contribution in [3.8, 4) is 11.4 Å². The molecule has 1 aliphatic rings. The van der Waals surface area contributed by atoms with Gasteiger partial charge in [-0.05, 0) is 30.9 Å². The Morgan fingerprint density at radius 2 is 1.89 bits per heavy atom. The second-order valence-electron chi connectivity index (χ2n) is 6.87. The maximum Gasteiger partial charge on any atom is 0.254 e. The van der Waals surface area contributed by atoms with E-state index in [4.69, 9.17) is 0 Å². The SMILES string of the molecule is Cc1cc(=O)n(CC(=O)NC2CCc3ccccc32)c(-c2ccccc2)n1. The Bertz CT molecular complexity index is 1040. The molecule has 3 aromatic rings. The Hall–Kier alpha value is -3.21. The molecule has 0 bridgehead atoms. The standard InChI is InChI=1S/C22H21N3O2/c1-15-13-21(27)25(22(23-15)17-8-3-2-4-9-17)14-20(26)24-19-12-11-16-7-5-6-10-18(16)19/h2-10,13,19H,11-12,14H2,1H3,(H,24,26). The first-order chi connectivity index (χ1) is 13.1. The van der Waals surface area contributed by atoms with Crippen molar-refractivity contribution in [3.63, 3.8) is 0 Å². The number of carbonyl (C=O) groups excluding carboxylic acids is 1. The Morgan fingerprint density at radius 3 is 2.70 bits per heavy atom. The van der Waals surface area contributed by atoms with E-state index in [9.17, 15) is 9.59 Å². The molecular formula is C22H21N3O2. The molecule has 27 heavy (non-hydrogen) atoms. The van der Waals surface area contributed by atoms with Gasteiger partial charge in [-0.1, -0.05) is 54.6 Å². The lowest BCUT2D eigenvalue weighted by atomic mass is 10.1. The normalized spacial score (nSPS) is 15.4. The monoisotopic (exact) mass is 359 g/mol. The molecule has 5 nitrogen and oxygen atoms in total. The van der Waals surface area contributed by atoms with E-state index in [1.807, 2.05) is 42.5 Å². The van der Waals surface area contributed by atoms with Crippen LogP contribution in [-0.4, -0.2) is 15.5 Å². The third kappa shape index (κ3) is 3.53. The highest BCUT2D eigenvalue weighted by molar-refractivity contribution is 5.77. The molecule has 1 unspecified atom stereocenters. The van der Waals surface area contributed by atoms with E-state index in [0.717, 1.165) is 18.4 Å². The van der Waals surface area contributed by atoms with Gasteiger partial charge >= 0.3 is 0 Å². The molecule has 0 spiro atoms. The molecule has 2 aromatic carbocycles. The van der Waals surface area contributed by atoms with Gasteiger partial charge in [0.1, 0.15) is 12.4 Å². The largest absolute Gasteiger partial charge is 0.348 e. The van der Waals surface area contributed by atoms with E-state index in [0.29, 0.717) is 11.5 Å². The molecule has 0 saturated heterocycles. The number of fused-ring (bicyclic) bond motifs is 1. The molecule has 1 N–H and O–H groups in total. The lowest BCUT2D eigenvalue weighted by Gasteiger charge is -2.16. The van der Waals surface area contributed by atoms with Crippen molar-refractivity contribution in [2.24, 2.45) is 0 Å². The van der Waals surface area contributed by atoms with E-state index in [2.05, 4.69) is 22.4 Å².